The van der Waals surface area contributed by atoms with Gasteiger partial charge in [0, 0.05) is 5.56 Å². The van der Waals surface area contributed by atoms with Gasteiger partial charge in [-0.25, -0.2) is 0 Å². The van der Waals surface area contributed by atoms with E-state index in [0.717, 1.165) is 18.2 Å². The van der Waals surface area contributed by atoms with Crippen molar-refractivity contribution in [2.24, 2.45) is 0 Å². The van der Waals surface area contributed by atoms with Crippen LogP contribution in [0, 0.1) is 0 Å². The lowest BCUT2D eigenvalue weighted by Crippen LogP contribution is -2.04. The number of fused-ring (bicyclic) bond motifs is 1. The predicted molar refractivity (Wildman–Crippen MR) is 87.5 cm³/mol. The monoisotopic (exact) mass is 382 g/mol. The summed E-state index contributed by atoms with van der Waals surface area (Å²) in [5.74, 6) is -1.22. The Hall–Kier alpha value is -2.80. The van der Waals surface area contributed by atoms with Gasteiger partial charge in [-0.1, -0.05) is 17.7 Å². The Morgan fingerprint density at radius 1 is 1.12 bits per heavy atom. The number of hydrogen-bond acceptors (Lipinski definition) is 3. The first-order valence-corrected chi connectivity index (χ1v) is 7.68. The van der Waals surface area contributed by atoms with E-state index in [1.54, 1.807) is 0 Å². The molecule has 0 saturated heterocycles. The molecular formula is C18H10ClF3O4. The van der Waals surface area contributed by atoms with Crippen molar-refractivity contribution in [1.29, 1.82) is 0 Å². The molecule has 0 saturated carbocycles. The molecule has 1 aliphatic carbocycles. The average Bonchev–Trinajstić information content (AvgIpc) is 2.83. The highest BCUT2D eigenvalue weighted by molar-refractivity contribution is 6.32. The predicted octanol–water partition coefficient (Wildman–Crippen LogP) is 5.21. The van der Waals surface area contributed by atoms with Crippen molar-refractivity contribution in [2.75, 3.05) is 0 Å². The molecule has 2 aromatic rings. The molecule has 1 aliphatic rings. The first-order chi connectivity index (χ1) is 12.1. The van der Waals surface area contributed by atoms with Crippen LogP contribution >= 0.6 is 11.6 Å². The van der Waals surface area contributed by atoms with Gasteiger partial charge in [0.1, 0.15) is 11.5 Å². The lowest BCUT2D eigenvalue weighted by molar-refractivity contribution is -0.138. The topological polar surface area (TPSA) is 63.6 Å². The Bertz CT molecular complexity index is 948. The van der Waals surface area contributed by atoms with Gasteiger partial charge in [-0.15, -0.1) is 0 Å². The van der Waals surface area contributed by atoms with Gasteiger partial charge in [0.2, 0.25) is 0 Å². The number of carboxylic acid groups (broad SMARTS) is 1. The molecule has 134 valence electrons. The highest BCUT2D eigenvalue weighted by Gasteiger charge is 2.31. The third-order valence-electron chi connectivity index (χ3n) is 3.74. The molecule has 0 bridgehead atoms. The highest BCUT2D eigenvalue weighted by atomic mass is 35.5. The number of carboxylic acids is 1. The van der Waals surface area contributed by atoms with E-state index in [9.17, 15) is 22.8 Å². The molecular weight excluding hydrogens is 373 g/mol. The van der Waals surface area contributed by atoms with E-state index in [1.807, 2.05) is 0 Å². The number of alkyl halides is 3. The number of benzene rings is 2. The molecule has 0 radical (unpaired) electrons. The minimum Gasteiger partial charge on any atom is -0.481 e. The molecule has 8 heteroatoms. The molecule has 1 N–H and O–H groups in total. The molecule has 0 amide bonds. The minimum absolute atomic E-state index is 0.00350. The summed E-state index contributed by atoms with van der Waals surface area (Å²) in [5.41, 5.74) is 0.239. The maximum atomic E-state index is 12.7. The summed E-state index contributed by atoms with van der Waals surface area (Å²) in [4.78, 5) is 22.9. The summed E-state index contributed by atoms with van der Waals surface area (Å²) in [6, 6.07) is 7.10. The fraction of sp³-hybridized carbons (Fsp3) is 0.111. The van der Waals surface area contributed by atoms with Crippen LogP contribution in [0.2, 0.25) is 5.02 Å². The number of hydrogen-bond donors (Lipinski definition) is 1. The number of halogens is 4. The average molecular weight is 383 g/mol. The van der Waals surface area contributed by atoms with Crippen LogP contribution in [-0.2, 0) is 11.0 Å². The van der Waals surface area contributed by atoms with Gasteiger partial charge in [-0.2, -0.15) is 13.2 Å². The fourth-order valence-electron chi connectivity index (χ4n) is 2.58. The molecule has 0 atom stereocenters. The molecule has 0 heterocycles. The zero-order valence-electron chi connectivity index (χ0n) is 12.9. The van der Waals surface area contributed by atoms with Gasteiger partial charge in [0.15, 0.2) is 5.78 Å². The number of ketones is 1. The maximum Gasteiger partial charge on any atom is 0.416 e. The summed E-state index contributed by atoms with van der Waals surface area (Å²) in [6.45, 7) is 0. The quantitative estimate of drug-likeness (QED) is 0.788. The maximum absolute atomic E-state index is 12.7. The van der Waals surface area contributed by atoms with Crippen LogP contribution in [0.25, 0.3) is 5.57 Å². The largest absolute Gasteiger partial charge is 0.481 e. The van der Waals surface area contributed by atoms with Crippen LogP contribution in [0.1, 0.15) is 27.9 Å². The van der Waals surface area contributed by atoms with Gasteiger partial charge >= 0.3 is 12.1 Å². The fourth-order valence-corrected chi connectivity index (χ4v) is 2.80. The standard InChI is InChI=1S/C18H10ClF3O4/c19-14-7-10(18(20,21)22)1-4-16(14)26-11-2-3-12-9(6-17(24)25)5-15(23)13(12)8-11/h1-5,7-8H,6H2,(H,24,25). The number of ether oxygens (including phenoxy) is 1. The van der Waals surface area contributed by atoms with Crippen LogP contribution in [0.4, 0.5) is 13.2 Å². The lowest BCUT2D eigenvalue weighted by atomic mass is 10.0. The molecule has 0 aromatic heterocycles. The summed E-state index contributed by atoms with van der Waals surface area (Å²) in [7, 11) is 0. The van der Waals surface area contributed by atoms with Gasteiger partial charge in [-0.05, 0) is 47.5 Å². The molecule has 26 heavy (non-hydrogen) atoms. The van der Waals surface area contributed by atoms with Crippen molar-refractivity contribution in [2.45, 2.75) is 12.6 Å². The summed E-state index contributed by atoms with van der Waals surface area (Å²) < 4.78 is 43.5. The summed E-state index contributed by atoms with van der Waals surface area (Å²) >= 11 is 5.84. The molecule has 4 nitrogen and oxygen atoms in total. The Kier molecular flexibility index (Phi) is 4.50. The zero-order valence-corrected chi connectivity index (χ0v) is 13.7. The number of carbonyl (C=O) groups excluding carboxylic acids is 1. The van der Waals surface area contributed by atoms with Crippen molar-refractivity contribution in [3.05, 3.63) is 64.2 Å². The Morgan fingerprint density at radius 3 is 2.46 bits per heavy atom. The van der Waals surface area contributed by atoms with Crippen LogP contribution in [0.5, 0.6) is 11.5 Å². The molecule has 3 rings (SSSR count). The number of carbonyl (C=O) groups is 2. The minimum atomic E-state index is -4.52. The summed E-state index contributed by atoms with van der Waals surface area (Å²) in [6.07, 6.45) is -3.56. The van der Waals surface area contributed by atoms with Gasteiger partial charge in [0.05, 0.1) is 17.0 Å². The van der Waals surface area contributed by atoms with E-state index < -0.39 is 17.7 Å². The van der Waals surface area contributed by atoms with Crippen molar-refractivity contribution in [1.82, 2.24) is 0 Å². The van der Waals surface area contributed by atoms with Crippen LogP contribution < -0.4 is 4.74 Å². The van der Waals surface area contributed by atoms with E-state index in [2.05, 4.69) is 0 Å². The lowest BCUT2D eigenvalue weighted by Gasteiger charge is -2.12. The first-order valence-electron chi connectivity index (χ1n) is 7.31. The van der Waals surface area contributed by atoms with E-state index in [0.29, 0.717) is 11.1 Å². The molecule has 2 aromatic carbocycles. The Labute approximate surface area is 150 Å². The summed E-state index contributed by atoms with van der Waals surface area (Å²) in [5, 5.41) is 8.65. The molecule has 0 fully saturated rings. The normalized spacial score (nSPS) is 13.4. The van der Waals surface area contributed by atoms with Crippen LogP contribution in [0.3, 0.4) is 0 Å². The van der Waals surface area contributed by atoms with E-state index >= 15 is 0 Å². The van der Waals surface area contributed by atoms with Gasteiger partial charge in [-0.3, -0.25) is 9.59 Å². The van der Waals surface area contributed by atoms with Crippen molar-refractivity contribution >= 4 is 28.9 Å². The zero-order chi connectivity index (χ0) is 19.1. The van der Waals surface area contributed by atoms with Crippen molar-refractivity contribution in [3.63, 3.8) is 0 Å². The van der Waals surface area contributed by atoms with Gasteiger partial charge in [0.25, 0.3) is 0 Å². The van der Waals surface area contributed by atoms with Crippen molar-refractivity contribution in [3.8, 4) is 11.5 Å². The van der Waals surface area contributed by atoms with Crippen LogP contribution in [0.15, 0.2) is 42.5 Å². The third kappa shape index (κ3) is 3.57. The number of allylic oxidation sites excluding steroid dienone is 1. The Morgan fingerprint density at radius 2 is 1.85 bits per heavy atom. The van der Waals surface area contributed by atoms with E-state index in [1.165, 1.54) is 24.3 Å². The second-order valence-corrected chi connectivity index (χ2v) is 5.96. The van der Waals surface area contributed by atoms with Crippen molar-refractivity contribution < 1.29 is 32.6 Å². The molecule has 0 aliphatic heterocycles. The van der Waals surface area contributed by atoms with E-state index in [-0.39, 0.29) is 34.3 Å². The SMILES string of the molecule is O=C(O)CC1=CC(=O)c2cc(Oc3ccc(C(F)(F)F)cc3Cl)ccc21. The van der Waals surface area contributed by atoms with Crippen LogP contribution in [-0.4, -0.2) is 16.9 Å². The smallest absolute Gasteiger partial charge is 0.416 e. The second kappa shape index (κ2) is 6.49. The van der Waals surface area contributed by atoms with Gasteiger partial charge < -0.3 is 9.84 Å². The van der Waals surface area contributed by atoms with E-state index in [4.69, 9.17) is 21.4 Å². The number of aliphatic carboxylic acids is 1. The highest BCUT2D eigenvalue weighted by Crippen LogP contribution is 2.38. The molecule has 0 unspecified atom stereocenters. The Balaban J connectivity index is 1.86. The third-order valence-corrected chi connectivity index (χ3v) is 4.03. The second-order valence-electron chi connectivity index (χ2n) is 5.56. The molecule has 0 spiro atoms. The number of rotatable bonds is 4. The first kappa shape index (κ1) is 18.0.